The highest BCUT2D eigenvalue weighted by Gasteiger charge is 2.22. The number of hydrogen-bond acceptors (Lipinski definition) is 4. The Bertz CT molecular complexity index is 586. The van der Waals surface area contributed by atoms with Crippen molar-refractivity contribution in [2.24, 2.45) is 0 Å². The lowest BCUT2D eigenvalue weighted by Crippen LogP contribution is -2.24. The molecule has 29 heavy (non-hydrogen) atoms. The lowest BCUT2D eigenvalue weighted by molar-refractivity contribution is -0.121. The molecule has 0 saturated heterocycles. The number of ether oxygens (including phenoxy) is 2. The molecule has 2 rings (SSSR count). The number of amides is 1. The Kier molecular flexibility index (Phi) is 11.4. The van der Waals surface area contributed by atoms with Crippen molar-refractivity contribution >= 4 is 5.91 Å². The summed E-state index contributed by atoms with van der Waals surface area (Å²) in [7, 11) is 0. The van der Waals surface area contributed by atoms with E-state index in [1.807, 2.05) is 6.07 Å². The van der Waals surface area contributed by atoms with Gasteiger partial charge in [0.05, 0.1) is 13.2 Å². The molecule has 5 heteroatoms. The van der Waals surface area contributed by atoms with Crippen LogP contribution in [0.1, 0.15) is 90.4 Å². The minimum Gasteiger partial charge on any atom is -0.508 e. The number of benzene rings is 1. The first kappa shape index (κ1) is 23.4. The van der Waals surface area contributed by atoms with Gasteiger partial charge in [0, 0.05) is 30.7 Å². The fraction of sp³-hybridized carbons (Fsp3) is 0.708. The normalized spacial score (nSPS) is 13.3. The molecule has 0 atom stereocenters. The van der Waals surface area contributed by atoms with E-state index in [4.69, 9.17) is 9.47 Å². The molecule has 1 fully saturated rings. The lowest BCUT2D eigenvalue weighted by Gasteiger charge is -2.10. The van der Waals surface area contributed by atoms with Crippen molar-refractivity contribution in [2.45, 2.75) is 96.4 Å². The molecule has 1 aliphatic carbocycles. The van der Waals surface area contributed by atoms with E-state index in [1.165, 1.54) is 38.5 Å². The van der Waals surface area contributed by atoms with Gasteiger partial charge in [0.25, 0.3) is 0 Å². The maximum Gasteiger partial charge on any atom is 0.220 e. The maximum atomic E-state index is 11.6. The average molecular weight is 406 g/mol. The second-order valence-electron chi connectivity index (χ2n) is 8.13. The smallest absolute Gasteiger partial charge is 0.220 e. The third-order valence-corrected chi connectivity index (χ3v) is 5.14. The third kappa shape index (κ3) is 11.6. The molecule has 5 nitrogen and oxygen atoms in total. The summed E-state index contributed by atoms with van der Waals surface area (Å²) in [4.78, 5) is 11.6. The topological polar surface area (TPSA) is 67.8 Å². The highest BCUT2D eigenvalue weighted by Crippen LogP contribution is 2.27. The molecule has 1 saturated carbocycles. The fourth-order valence-corrected chi connectivity index (χ4v) is 3.22. The first-order valence-corrected chi connectivity index (χ1v) is 11.6. The molecule has 0 bridgehead atoms. The van der Waals surface area contributed by atoms with Crippen molar-refractivity contribution in [3.8, 4) is 17.2 Å². The van der Waals surface area contributed by atoms with Crippen LogP contribution in [-0.4, -0.2) is 30.3 Å². The van der Waals surface area contributed by atoms with Crippen molar-refractivity contribution in [2.75, 3.05) is 13.2 Å². The zero-order valence-electron chi connectivity index (χ0n) is 18.1. The first-order chi connectivity index (χ1) is 14.2. The van der Waals surface area contributed by atoms with Crippen LogP contribution < -0.4 is 14.8 Å². The van der Waals surface area contributed by atoms with Gasteiger partial charge in [0.15, 0.2) is 0 Å². The molecule has 1 amide bonds. The van der Waals surface area contributed by atoms with Crippen LogP contribution in [0, 0.1) is 0 Å². The molecule has 0 heterocycles. The summed E-state index contributed by atoms with van der Waals surface area (Å²) < 4.78 is 11.4. The van der Waals surface area contributed by atoms with Crippen molar-refractivity contribution in [1.29, 1.82) is 0 Å². The molecule has 0 radical (unpaired) electrons. The molecule has 0 aromatic heterocycles. The predicted octanol–water partition coefficient (Wildman–Crippen LogP) is 5.74. The quantitative estimate of drug-likeness (QED) is 0.324. The monoisotopic (exact) mass is 405 g/mol. The molecular formula is C24H39NO4. The predicted molar refractivity (Wildman–Crippen MR) is 117 cm³/mol. The van der Waals surface area contributed by atoms with Gasteiger partial charge < -0.3 is 19.9 Å². The second kappa shape index (κ2) is 14.1. The second-order valence-corrected chi connectivity index (χ2v) is 8.13. The number of hydrogen-bond donors (Lipinski definition) is 2. The molecule has 1 aliphatic rings. The van der Waals surface area contributed by atoms with Crippen LogP contribution in [-0.2, 0) is 4.79 Å². The van der Waals surface area contributed by atoms with Gasteiger partial charge in [-0.25, -0.2) is 0 Å². The number of phenolic OH excluding ortho intramolecular Hbond substituents is 1. The Morgan fingerprint density at radius 1 is 0.897 bits per heavy atom. The highest BCUT2D eigenvalue weighted by molar-refractivity contribution is 5.76. The number of carbonyl (C=O) groups excluding carboxylic acids is 1. The van der Waals surface area contributed by atoms with Crippen LogP contribution in [0.15, 0.2) is 18.2 Å². The average Bonchev–Trinajstić information content (AvgIpc) is 3.50. The summed E-state index contributed by atoms with van der Waals surface area (Å²) >= 11 is 0. The molecule has 0 spiro atoms. The Labute approximate surface area is 176 Å². The van der Waals surface area contributed by atoms with Crippen LogP contribution in [0.4, 0.5) is 0 Å². The van der Waals surface area contributed by atoms with Gasteiger partial charge in [-0.2, -0.15) is 0 Å². The zero-order valence-corrected chi connectivity index (χ0v) is 18.1. The fourth-order valence-electron chi connectivity index (χ4n) is 3.22. The van der Waals surface area contributed by atoms with Crippen LogP contribution in [0.2, 0.25) is 0 Å². The Morgan fingerprint density at radius 2 is 1.45 bits per heavy atom. The summed E-state index contributed by atoms with van der Waals surface area (Å²) in [6.45, 7) is 3.44. The van der Waals surface area contributed by atoms with Gasteiger partial charge in [-0.05, 0) is 32.1 Å². The third-order valence-electron chi connectivity index (χ3n) is 5.14. The van der Waals surface area contributed by atoms with E-state index < -0.39 is 0 Å². The van der Waals surface area contributed by atoms with Gasteiger partial charge in [-0.3, -0.25) is 4.79 Å². The minimum absolute atomic E-state index is 0.180. The summed E-state index contributed by atoms with van der Waals surface area (Å²) in [5.41, 5.74) is 0. The summed E-state index contributed by atoms with van der Waals surface area (Å²) in [5, 5.41) is 12.8. The summed E-state index contributed by atoms with van der Waals surface area (Å²) in [6.07, 6.45) is 14.4. The molecule has 2 N–H and O–H groups in total. The van der Waals surface area contributed by atoms with Gasteiger partial charge in [0.2, 0.25) is 5.91 Å². The van der Waals surface area contributed by atoms with E-state index in [0.29, 0.717) is 37.2 Å². The maximum absolute atomic E-state index is 11.6. The molecule has 1 aromatic rings. The van der Waals surface area contributed by atoms with Crippen LogP contribution in [0.3, 0.4) is 0 Å². The molecule has 0 aliphatic heterocycles. The van der Waals surface area contributed by atoms with Crippen molar-refractivity contribution in [1.82, 2.24) is 5.32 Å². The van der Waals surface area contributed by atoms with Crippen LogP contribution in [0.25, 0.3) is 0 Å². The van der Waals surface area contributed by atoms with Crippen LogP contribution >= 0.6 is 0 Å². The lowest BCUT2D eigenvalue weighted by atomic mass is 10.1. The number of phenols is 1. The largest absolute Gasteiger partial charge is 0.508 e. The number of nitrogens with one attached hydrogen (secondary N) is 1. The van der Waals surface area contributed by atoms with E-state index in [0.717, 1.165) is 38.5 Å². The number of rotatable bonds is 17. The van der Waals surface area contributed by atoms with E-state index in [-0.39, 0.29) is 11.7 Å². The Hall–Kier alpha value is -1.91. The van der Waals surface area contributed by atoms with E-state index in [2.05, 4.69) is 12.2 Å². The van der Waals surface area contributed by atoms with Gasteiger partial charge in [0.1, 0.15) is 17.2 Å². The number of carbonyl (C=O) groups is 1. The van der Waals surface area contributed by atoms with Crippen molar-refractivity contribution in [3.05, 3.63) is 18.2 Å². The van der Waals surface area contributed by atoms with Crippen molar-refractivity contribution in [3.63, 3.8) is 0 Å². The van der Waals surface area contributed by atoms with Gasteiger partial charge in [-0.15, -0.1) is 0 Å². The number of aromatic hydroxyl groups is 1. The Morgan fingerprint density at radius 3 is 2.03 bits per heavy atom. The minimum atomic E-state index is 0.180. The Balaban J connectivity index is 1.42. The molecule has 1 aromatic carbocycles. The molecular weight excluding hydrogens is 366 g/mol. The zero-order chi connectivity index (χ0) is 20.7. The van der Waals surface area contributed by atoms with E-state index in [9.17, 15) is 9.90 Å². The van der Waals surface area contributed by atoms with E-state index >= 15 is 0 Å². The van der Waals surface area contributed by atoms with Gasteiger partial charge in [-0.1, -0.05) is 51.9 Å². The summed E-state index contributed by atoms with van der Waals surface area (Å²) in [5.74, 6) is 1.75. The molecule has 164 valence electrons. The number of unbranched alkanes of at least 4 members (excludes halogenated alkanes) is 8. The highest BCUT2D eigenvalue weighted by atomic mass is 16.5. The van der Waals surface area contributed by atoms with Crippen LogP contribution in [0.5, 0.6) is 17.2 Å². The molecule has 0 unspecified atom stereocenters. The standard InChI is InChI=1S/C24H39NO4/c1-2-3-15-28-22-17-21(26)18-23(19-22)29-16-11-9-7-5-4-6-8-10-12-24(27)25-20-13-14-20/h17-20,26H,2-16H2,1H3,(H,25,27). The summed E-state index contributed by atoms with van der Waals surface area (Å²) in [6, 6.07) is 5.60. The van der Waals surface area contributed by atoms with E-state index in [1.54, 1.807) is 12.1 Å². The van der Waals surface area contributed by atoms with Gasteiger partial charge >= 0.3 is 0 Å². The van der Waals surface area contributed by atoms with Crippen molar-refractivity contribution < 1.29 is 19.4 Å². The first-order valence-electron chi connectivity index (χ1n) is 11.6. The SMILES string of the molecule is CCCCOc1cc(O)cc(OCCCCCCCCCCC(=O)NC2CC2)c1.